The fourth-order valence-corrected chi connectivity index (χ4v) is 2.69. The third kappa shape index (κ3) is 2.37. The van der Waals surface area contributed by atoms with E-state index in [2.05, 4.69) is 9.97 Å². The highest BCUT2D eigenvalue weighted by Crippen LogP contribution is 2.25. The van der Waals surface area contributed by atoms with Crippen molar-refractivity contribution in [2.24, 2.45) is 0 Å². The predicted molar refractivity (Wildman–Crippen MR) is 77.2 cm³/mol. The second kappa shape index (κ2) is 5.34. The van der Waals surface area contributed by atoms with Crippen LogP contribution in [0, 0.1) is 0 Å². The number of carbonyl (C=O) groups is 1. The molecule has 0 spiro atoms. The lowest BCUT2D eigenvalue weighted by Gasteiger charge is -2.09. The Morgan fingerprint density at radius 2 is 2.10 bits per heavy atom. The maximum atomic E-state index is 10.7. The molecule has 0 radical (unpaired) electrons. The summed E-state index contributed by atoms with van der Waals surface area (Å²) in [4.78, 5) is 19.2. The lowest BCUT2D eigenvalue weighted by Crippen LogP contribution is -2.01. The second-order valence-electron chi connectivity index (χ2n) is 4.11. The molecule has 0 aliphatic carbocycles. The molecule has 0 atom stereocenters. The number of hydrogen-bond donors (Lipinski definition) is 1. The maximum Gasteiger partial charge on any atom is 0.313 e. The van der Waals surface area contributed by atoms with Gasteiger partial charge < -0.3 is 5.11 Å². The smallest absolute Gasteiger partial charge is 0.313 e. The van der Waals surface area contributed by atoms with Crippen molar-refractivity contribution in [3.05, 3.63) is 48.9 Å². The average molecular weight is 285 g/mol. The summed E-state index contributed by atoms with van der Waals surface area (Å²) < 4.78 is 1.89. The van der Waals surface area contributed by atoms with E-state index in [4.69, 9.17) is 5.11 Å². The van der Waals surface area contributed by atoms with Gasteiger partial charge in [0.05, 0.1) is 17.0 Å². The Morgan fingerprint density at radius 3 is 2.95 bits per heavy atom. The molecule has 2 heterocycles. The SMILES string of the molecule is O=C(O)CSc1nccn1-c1cccc2ncccc12. The lowest BCUT2D eigenvalue weighted by atomic mass is 10.2. The lowest BCUT2D eigenvalue weighted by molar-refractivity contribution is -0.133. The number of carboxylic acids is 1. The average Bonchev–Trinajstić information content (AvgIpc) is 2.92. The Kier molecular flexibility index (Phi) is 3.39. The van der Waals surface area contributed by atoms with E-state index in [0.29, 0.717) is 5.16 Å². The summed E-state index contributed by atoms with van der Waals surface area (Å²) >= 11 is 1.20. The van der Waals surface area contributed by atoms with Crippen molar-refractivity contribution in [3.63, 3.8) is 0 Å². The first-order valence-electron chi connectivity index (χ1n) is 5.98. The third-order valence-electron chi connectivity index (χ3n) is 2.81. The number of rotatable bonds is 4. The molecule has 2 aromatic heterocycles. The topological polar surface area (TPSA) is 68.0 Å². The van der Waals surface area contributed by atoms with Crippen LogP contribution < -0.4 is 0 Å². The summed E-state index contributed by atoms with van der Waals surface area (Å²) in [6.07, 6.45) is 5.24. The van der Waals surface area contributed by atoms with Gasteiger partial charge in [0.2, 0.25) is 0 Å². The minimum absolute atomic E-state index is 0.0139. The molecule has 6 heteroatoms. The molecule has 0 saturated heterocycles. The predicted octanol–water partition coefficient (Wildman–Crippen LogP) is 2.60. The molecule has 100 valence electrons. The fraction of sp³-hybridized carbons (Fsp3) is 0.0714. The van der Waals surface area contributed by atoms with Crippen LogP contribution >= 0.6 is 11.8 Å². The van der Waals surface area contributed by atoms with Gasteiger partial charge >= 0.3 is 5.97 Å². The number of hydrogen-bond acceptors (Lipinski definition) is 4. The van der Waals surface area contributed by atoms with Crippen molar-refractivity contribution in [2.45, 2.75) is 5.16 Å². The summed E-state index contributed by atoms with van der Waals surface area (Å²) in [6.45, 7) is 0. The summed E-state index contributed by atoms with van der Waals surface area (Å²) in [5.41, 5.74) is 1.84. The molecule has 0 aliphatic rings. The molecule has 5 nitrogen and oxygen atoms in total. The molecule has 1 aromatic carbocycles. The summed E-state index contributed by atoms with van der Waals surface area (Å²) in [6, 6.07) is 9.71. The molecule has 0 unspecified atom stereocenters. The quantitative estimate of drug-likeness (QED) is 0.746. The first-order valence-corrected chi connectivity index (χ1v) is 6.96. The number of benzene rings is 1. The van der Waals surface area contributed by atoms with Crippen molar-refractivity contribution in [1.29, 1.82) is 0 Å². The molecule has 3 aromatic rings. The minimum Gasteiger partial charge on any atom is -0.481 e. The van der Waals surface area contributed by atoms with Gasteiger partial charge in [-0.2, -0.15) is 0 Å². The Hall–Kier alpha value is -2.34. The van der Waals surface area contributed by atoms with Crippen LogP contribution in [-0.2, 0) is 4.79 Å². The molecule has 0 aliphatic heterocycles. The van der Waals surface area contributed by atoms with Crippen LogP contribution in [0.15, 0.2) is 54.1 Å². The monoisotopic (exact) mass is 285 g/mol. The largest absolute Gasteiger partial charge is 0.481 e. The highest BCUT2D eigenvalue weighted by Gasteiger charge is 2.10. The van der Waals surface area contributed by atoms with E-state index in [1.165, 1.54) is 11.8 Å². The van der Waals surface area contributed by atoms with Gasteiger partial charge in [-0.15, -0.1) is 0 Å². The van der Waals surface area contributed by atoms with Gasteiger partial charge in [-0.25, -0.2) is 4.98 Å². The van der Waals surface area contributed by atoms with Crippen molar-refractivity contribution >= 4 is 28.6 Å². The van der Waals surface area contributed by atoms with Crippen LogP contribution in [0.5, 0.6) is 0 Å². The highest BCUT2D eigenvalue weighted by molar-refractivity contribution is 7.99. The van der Waals surface area contributed by atoms with E-state index in [1.54, 1.807) is 12.4 Å². The van der Waals surface area contributed by atoms with E-state index >= 15 is 0 Å². The number of pyridine rings is 1. The van der Waals surface area contributed by atoms with E-state index in [9.17, 15) is 4.79 Å². The van der Waals surface area contributed by atoms with Crippen LogP contribution in [0.3, 0.4) is 0 Å². The Morgan fingerprint density at radius 1 is 1.20 bits per heavy atom. The van der Waals surface area contributed by atoms with E-state index < -0.39 is 5.97 Å². The van der Waals surface area contributed by atoms with Gasteiger partial charge in [0.1, 0.15) is 0 Å². The van der Waals surface area contributed by atoms with Crippen LogP contribution in [0.1, 0.15) is 0 Å². The highest BCUT2D eigenvalue weighted by atomic mass is 32.2. The standard InChI is InChI=1S/C14H11N3O2S/c18-13(19)9-20-14-16-7-8-17(14)12-5-1-4-11-10(12)3-2-6-15-11/h1-8H,9H2,(H,18,19). The first-order chi connectivity index (χ1) is 9.75. The molecule has 1 N–H and O–H groups in total. The van der Waals surface area contributed by atoms with E-state index in [0.717, 1.165) is 16.6 Å². The summed E-state index contributed by atoms with van der Waals surface area (Å²) in [7, 11) is 0. The Balaban J connectivity index is 2.08. The molecule has 0 amide bonds. The van der Waals surface area contributed by atoms with Crippen molar-refractivity contribution in [3.8, 4) is 5.69 Å². The van der Waals surface area contributed by atoms with Crippen LogP contribution in [0.4, 0.5) is 0 Å². The van der Waals surface area contributed by atoms with Gasteiger partial charge in [-0.3, -0.25) is 14.3 Å². The summed E-state index contributed by atoms with van der Waals surface area (Å²) in [5.74, 6) is -0.871. The van der Waals surface area contributed by atoms with Crippen LogP contribution in [0.2, 0.25) is 0 Å². The third-order valence-corrected chi connectivity index (χ3v) is 3.77. The van der Waals surface area contributed by atoms with Gasteiger partial charge in [0.25, 0.3) is 0 Å². The molecule has 3 rings (SSSR count). The van der Waals surface area contributed by atoms with Gasteiger partial charge in [-0.1, -0.05) is 17.8 Å². The zero-order chi connectivity index (χ0) is 13.9. The first kappa shape index (κ1) is 12.7. The van der Waals surface area contributed by atoms with Gasteiger partial charge in [0.15, 0.2) is 5.16 Å². The number of imidazole rings is 1. The fourth-order valence-electron chi connectivity index (χ4n) is 2.00. The Bertz CT molecular complexity index is 764. The van der Waals surface area contributed by atoms with E-state index in [-0.39, 0.29) is 5.75 Å². The van der Waals surface area contributed by atoms with Gasteiger partial charge in [0, 0.05) is 24.0 Å². The van der Waals surface area contributed by atoms with E-state index in [1.807, 2.05) is 41.1 Å². The molecule has 20 heavy (non-hydrogen) atoms. The van der Waals surface area contributed by atoms with Gasteiger partial charge in [-0.05, 0) is 24.3 Å². The normalized spacial score (nSPS) is 10.8. The molecular weight excluding hydrogens is 274 g/mol. The molecule has 0 saturated carbocycles. The molecule has 0 fully saturated rings. The Labute approximate surface area is 119 Å². The number of fused-ring (bicyclic) bond motifs is 1. The molecule has 0 bridgehead atoms. The number of aliphatic carboxylic acids is 1. The van der Waals surface area contributed by atoms with Crippen LogP contribution in [0.25, 0.3) is 16.6 Å². The number of carboxylic acid groups (broad SMARTS) is 1. The van der Waals surface area contributed by atoms with Crippen molar-refractivity contribution < 1.29 is 9.90 Å². The number of nitrogens with zero attached hydrogens (tertiary/aromatic N) is 3. The molecular formula is C14H11N3O2S. The minimum atomic E-state index is -0.857. The number of thioether (sulfide) groups is 1. The maximum absolute atomic E-state index is 10.7. The van der Waals surface area contributed by atoms with Crippen molar-refractivity contribution in [1.82, 2.24) is 14.5 Å². The van der Waals surface area contributed by atoms with Crippen LogP contribution in [-0.4, -0.2) is 31.4 Å². The zero-order valence-corrected chi connectivity index (χ0v) is 11.2. The summed E-state index contributed by atoms with van der Waals surface area (Å²) in [5, 5.41) is 10.4. The zero-order valence-electron chi connectivity index (χ0n) is 10.4. The number of aromatic nitrogens is 3. The second-order valence-corrected chi connectivity index (χ2v) is 5.05. The van der Waals surface area contributed by atoms with Crippen molar-refractivity contribution in [2.75, 3.05) is 5.75 Å².